The number of rotatable bonds is 4. The van der Waals surface area contributed by atoms with Crippen molar-refractivity contribution < 1.29 is 4.79 Å². The number of benzene rings is 1. The molecule has 20 heavy (non-hydrogen) atoms. The predicted octanol–water partition coefficient (Wildman–Crippen LogP) is 3.16. The van der Waals surface area contributed by atoms with Crippen molar-refractivity contribution in [2.75, 3.05) is 5.32 Å². The molecule has 0 saturated carbocycles. The number of carbonyl (C=O) groups excluding carboxylic acids is 1. The maximum atomic E-state index is 11.7. The minimum atomic E-state index is -0.147. The highest BCUT2D eigenvalue weighted by atomic mass is 16.1. The van der Waals surface area contributed by atoms with Crippen molar-refractivity contribution in [3.63, 3.8) is 0 Å². The van der Waals surface area contributed by atoms with Crippen molar-refractivity contribution in [1.29, 1.82) is 0 Å². The molecule has 2 rings (SSSR count). The lowest BCUT2D eigenvalue weighted by molar-refractivity contribution is -0.111. The van der Waals surface area contributed by atoms with Crippen LogP contribution in [-0.2, 0) is 11.8 Å². The molecule has 0 fully saturated rings. The van der Waals surface area contributed by atoms with Gasteiger partial charge in [0, 0.05) is 30.6 Å². The zero-order chi connectivity index (χ0) is 14.4. The second-order valence-electron chi connectivity index (χ2n) is 4.36. The fraction of sp³-hybridized carbons (Fsp3) is 0.125. The van der Waals surface area contributed by atoms with E-state index in [0.29, 0.717) is 0 Å². The van der Waals surface area contributed by atoms with Crippen molar-refractivity contribution in [2.24, 2.45) is 7.05 Å². The molecule has 0 radical (unpaired) electrons. The first-order valence-electron chi connectivity index (χ1n) is 6.38. The summed E-state index contributed by atoms with van der Waals surface area (Å²) in [5.74, 6) is -0.147. The van der Waals surface area contributed by atoms with Crippen LogP contribution in [0.4, 0.5) is 5.69 Å². The van der Waals surface area contributed by atoms with Crippen molar-refractivity contribution in [2.45, 2.75) is 6.92 Å². The number of hydrogen-bond acceptors (Lipinski definition) is 2. The summed E-state index contributed by atoms with van der Waals surface area (Å²) in [6, 6.07) is 7.69. The Hall–Kier alpha value is -2.62. The number of anilines is 1. The zero-order valence-corrected chi connectivity index (χ0v) is 11.6. The van der Waals surface area contributed by atoms with Gasteiger partial charge in [0.05, 0.1) is 6.20 Å². The first kappa shape index (κ1) is 13.8. The van der Waals surface area contributed by atoms with E-state index in [1.165, 1.54) is 6.08 Å². The topological polar surface area (TPSA) is 46.9 Å². The van der Waals surface area contributed by atoms with Crippen LogP contribution in [0.25, 0.3) is 11.1 Å². The average Bonchev–Trinajstić information content (AvgIpc) is 2.86. The summed E-state index contributed by atoms with van der Waals surface area (Å²) in [6.07, 6.45) is 10.6. The number of nitrogens with one attached hydrogen (secondary N) is 1. The monoisotopic (exact) mass is 267 g/mol. The number of allylic oxidation sites excluding steroid dienone is 3. The Bertz CT molecular complexity index is 653. The summed E-state index contributed by atoms with van der Waals surface area (Å²) in [5, 5.41) is 6.97. The van der Waals surface area contributed by atoms with E-state index in [1.807, 2.05) is 56.6 Å². The lowest BCUT2D eigenvalue weighted by atomic mass is 10.1. The number of aromatic nitrogens is 2. The first-order chi connectivity index (χ1) is 9.69. The van der Waals surface area contributed by atoms with Crippen molar-refractivity contribution in [1.82, 2.24) is 9.78 Å². The van der Waals surface area contributed by atoms with Gasteiger partial charge in [-0.25, -0.2) is 0 Å². The predicted molar refractivity (Wildman–Crippen MR) is 81.2 cm³/mol. The van der Waals surface area contributed by atoms with Gasteiger partial charge >= 0.3 is 0 Å². The standard InChI is InChI=1S/C16H17N3O/c1-3-4-5-9-16(20)18-15-8-6-7-13(10-15)14-11-17-19(2)12-14/h3-12H,1-2H3,(H,18,20)/b4-3+,9-5+. The Morgan fingerprint density at radius 2 is 2.15 bits per heavy atom. The molecule has 1 aromatic heterocycles. The van der Waals surface area contributed by atoms with Gasteiger partial charge in [0.25, 0.3) is 0 Å². The third kappa shape index (κ3) is 3.68. The van der Waals surface area contributed by atoms with Crippen LogP contribution in [0, 0.1) is 0 Å². The van der Waals surface area contributed by atoms with Gasteiger partial charge in [-0.15, -0.1) is 0 Å². The molecule has 4 nitrogen and oxygen atoms in total. The lowest BCUT2D eigenvalue weighted by Gasteiger charge is -2.04. The van der Waals surface area contributed by atoms with Gasteiger partial charge < -0.3 is 5.32 Å². The van der Waals surface area contributed by atoms with E-state index >= 15 is 0 Å². The number of hydrogen-bond donors (Lipinski definition) is 1. The van der Waals surface area contributed by atoms with Gasteiger partial charge in [-0.3, -0.25) is 9.48 Å². The summed E-state index contributed by atoms with van der Waals surface area (Å²) >= 11 is 0. The number of carbonyl (C=O) groups is 1. The third-order valence-corrected chi connectivity index (χ3v) is 2.72. The Morgan fingerprint density at radius 3 is 2.85 bits per heavy atom. The highest BCUT2D eigenvalue weighted by molar-refractivity contribution is 5.99. The summed E-state index contributed by atoms with van der Waals surface area (Å²) in [7, 11) is 1.88. The van der Waals surface area contributed by atoms with Gasteiger partial charge in [-0.1, -0.05) is 30.4 Å². The van der Waals surface area contributed by atoms with E-state index in [9.17, 15) is 4.79 Å². The van der Waals surface area contributed by atoms with E-state index in [1.54, 1.807) is 17.0 Å². The van der Waals surface area contributed by atoms with Gasteiger partial charge in [0.1, 0.15) is 0 Å². The van der Waals surface area contributed by atoms with Crippen molar-refractivity contribution in [3.8, 4) is 11.1 Å². The minimum Gasteiger partial charge on any atom is -0.322 e. The van der Waals surface area contributed by atoms with Gasteiger partial charge in [-0.05, 0) is 24.6 Å². The zero-order valence-electron chi connectivity index (χ0n) is 11.6. The van der Waals surface area contributed by atoms with Crippen LogP contribution in [-0.4, -0.2) is 15.7 Å². The third-order valence-electron chi connectivity index (χ3n) is 2.72. The van der Waals surface area contributed by atoms with Crippen molar-refractivity contribution in [3.05, 3.63) is 61.0 Å². The molecule has 4 heteroatoms. The molecule has 2 aromatic rings. The second-order valence-corrected chi connectivity index (χ2v) is 4.36. The molecule has 0 spiro atoms. The molecule has 0 unspecified atom stereocenters. The van der Waals surface area contributed by atoms with Crippen LogP contribution < -0.4 is 5.32 Å². The fourth-order valence-electron chi connectivity index (χ4n) is 1.78. The summed E-state index contributed by atoms with van der Waals surface area (Å²) in [4.78, 5) is 11.7. The molecule has 1 amide bonds. The molecule has 0 atom stereocenters. The van der Waals surface area contributed by atoms with Gasteiger partial charge in [0.2, 0.25) is 5.91 Å². The lowest BCUT2D eigenvalue weighted by Crippen LogP contribution is -2.07. The quantitative estimate of drug-likeness (QED) is 0.683. The maximum Gasteiger partial charge on any atom is 0.248 e. The molecular weight excluding hydrogens is 250 g/mol. The van der Waals surface area contributed by atoms with Crippen molar-refractivity contribution >= 4 is 11.6 Å². The molecule has 1 heterocycles. The van der Waals surface area contributed by atoms with E-state index in [-0.39, 0.29) is 5.91 Å². The molecule has 0 aliphatic rings. The second kappa shape index (κ2) is 6.52. The van der Waals surface area contributed by atoms with E-state index in [0.717, 1.165) is 16.8 Å². The highest BCUT2D eigenvalue weighted by Crippen LogP contribution is 2.21. The number of aryl methyl sites for hydroxylation is 1. The van der Waals surface area contributed by atoms with E-state index in [2.05, 4.69) is 10.4 Å². The Morgan fingerprint density at radius 1 is 1.30 bits per heavy atom. The molecule has 0 aliphatic heterocycles. The van der Waals surface area contributed by atoms with Crippen LogP contribution in [0.2, 0.25) is 0 Å². The number of nitrogens with zero attached hydrogens (tertiary/aromatic N) is 2. The van der Waals surface area contributed by atoms with Crippen LogP contribution in [0.15, 0.2) is 61.0 Å². The largest absolute Gasteiger partial charge is 0.322 e. The molecule has 0 aliphatic carbocycles. The van der Waals surface area contributed by atoms with Gasteiger partial charge in [0.15, 0.2) is 0 Å². The van der Waals surface area contributed by atoms with E-state index < -0.39 is 0 Å². The molecule has 1 N–H and O–H groups in total. The summed E-state index contributed by atoms with van der Waals surface area (Å²) in [6.45, 7) is 1.90. The number of amides is 1. The van der Waals surface area contributed by atoms with Crippen LogP contribution >= 0.6 is 0 Å². The molecule has 102 valence electrons. The Labute approximate surface area is 118 Å². The first-order valence-corrected chi connectivity index (χ1v) is 6.38. The average molecular weight is 267 g/mol. The summed E-state index contributed by atoms with van der Waals surface area (Å²) < 4.78 is 1.75. The smallest absolute Gasteiger partial charge is 0.248 e. The van der Waals surface area contributed by atoms with Crippen LogP contribution in [0.3, 0.4) is 0 Å². The minimum absolute atomic E-state index is 0.147. The molecule has 1 aromatic carbocycles. The Kier molecular flexibility index (Phi) is 4.50. The Balaban J connectivity index is 2.12. The SMILES string of the molecule is C/C=C/C=C/C(=O)Nc1cccc(-c2cnn(C)c2)c1. The highest BCUT2D eigenvalue weighted by Gasteiger charge is 2.03. The molecule has 0 saturated heterocycles. The molecular formula is C16H17N3O. The maximum absolute atomic E-state index is 11.7. The van der Waals surface area contributed by atoms with Crippen LogP contribution in [0.5, 0.6) is 0 Å². The van der Waals surface area contributed by atoms with Gasteiger partial charge in [-0.2, -0.15) is 5.10 Å². The summed E-state index contributed by atoms with van der Waals surface area (Å²) in [5.41, 5.74) is 2.81. The van der Waals surface area contributed by atoms with E-state index in [4.69, 9.17) is 0 Å². The van der Waals surface area contributed by atoms with Crippen LogP contribution in [0.1, 0.15) is 6.92 Å². The fourth-order valence-corrected chi connectivity index (χ4v) is 1.78. The molecule has 0 bridgehead atoms. The normalized spacial score (nSPS) is 11.3.